The van der Waals surface area contributed by atoms with Gasteiger partial charge in [-0.1, -0.05) is 6.92 Å². The average Bonchev–Trinajstić information content (AvgIpc) is 2.25. The van der Waals surface area contributed by atoms with Crippen LogP contribution in [0.1, 0.15) is 47.0 Å². The van der Waals surface area contributed by atoms with E-state index in [0.29, 0.717) is 12.1 Å². The molecule has 0 aromatic carbocycles. The number of carbonyl (C=O) groups excluding carboxylic acids is 1. The molecule has 2 fully saturated rings. The van der Waals surface area contributed by atoms with Gasteiger partial charge in [-0.3, -0.25) is 0 Å². The molecule has 0 radical (unpaired) electrons. The number of amides is 1. The molecule has 104 valence electrons. The number of rotatable bonds is 0. The number of nitrogens with one attached hydrogen (secondary N) is 1. The van der Waals surface area contributed by atoms with Gasteiger partial charge in [-0.15, -0.1) is 0 Å². The third-order valence-corrected chi connectivity index (χ3v) is 3.86. The van der Waals surface area contributed by atoms with E-state index < -0.39 is 5.60 Å². The van der Waals surface area contributed by atoms with E-state index in [9.17, 15) is 4.79 Å². The Bertz CT molecular complexity index is 311. The van der Waals surface area contributed by atoms with Crippen molar-refractivity contribution in [2.75, 3.05) is 13.1 Å². The van der Waals surface area contributed by atoms with Gasteiger partial charge in [0.1, 0.15) is 5.60 Å². The first-order valence-corrected chi connectivity index (χ1v) is 7.10. The van der Waals surface area contributed by atoms with E-state index in [1.54, 1.807) is 0 Å². The molecule has 4 nitrogen and oxygen atoms in total. The van der Waals surface area contributed by atoms with Crippen LogP contribution in [0, 0.1) is 5.92 Å². The maximum atomic E-state index is 12.2. The molecule has 0 aromatic heterocycles. The molecule has 1 aliphatic heterocycles. The molecule has 1 heterocycles. The van der Waals surface area contributed by atoms with Gasteiger partial charge in [0, 0.05) is 19.1 Å². The molecule has 0 spiro atoms. The van der Waals surface area contributed by atoms with Crippen molar-refractivity contribution in [3.8, 4) is 0 Å². The van der Waals surface area contributed by atoms with E-state index in [0.717, 1.165) is 25.4 Å². The van der Waals surface area contributed by atoms with E-state index in [1.165, 1.54) is 12.8 Å². The van der Waals surface area contributed by atoms with Gasteiger partial charge in [-0.25, -0.2) is 4.79 Å². The van der Waals surface area contributed by atoms with Crippen LogP contribution in [-0.4, -0.2) is 41.8 Å². The van der Waals surface area contributed by atoms with Gasteiger partial charge < -0.3 is 15.0 Å². The van der Waals surface area contributed by atoms with E-state index >= 15 is 0 Å². The standard InChI is InChI=1S/C14H26N2O2/c1-10-5-6-12-11(9-10)15-7-8-16(12)13(17)18-14(2,3)4/h10-12,15H,5-9H2,1-4H3. The fraction of sp³-hybridized carbons (Fsp3) is 0.929. The fourth-order valence-electron chi connectivity index (χ4n) is 3.04. The van der Waals surface area contributed by atoms with Gasteiger partial charge in [0.25, 0.3) is 0 Å². The Morgan fingerprint density at radius 2 is 2.06 bits per heavy atom. The van der Waals surface area contributed by atoms with Gasteiger partial charge in [-0.05, 0) is 46.0 Å². The Balaban J connectivity index is 2.01. The highest BCUT2D eigenvalue weighted by Gasteiger charge is 2.39. The summed E-state index contributed by atoms with van der Waals surface area (Å²) in [5, 5.41) is 3.55. The molecule has 2 aliphatic rings. The number of piperazine rings is 1. The Morgan fingerprint density at radius 3 is 2.72 bits per heavy atom. The first-order valence-electron chi connectivity index (χ1n) is 7.10. The lowest BCUT2D eigenvalue weighted by molar-refractivity contribution is -0.00279. The summed E-state index contributed by atoms with van der Waals surface area (Å²) in [6.07, 6.45) is 3.33. The van der Waals surface area contributed by atoms with Crippen LogP contribution in [0.25, 0.3) is 0 Å². The topological polar surface area (TPSA) is 41.6 Å². The smallest absolute Gasteiger partial charge is 0.410 e. The Morgan fingerprint density at radius 1 is 1.33 bits per heavy atom. The van der Waals surface area contributed by atoms with Crippen molar-refractivity contribution in [2.45, 2.75) is 64.6 Å². The SMILES string of the molecule is CC1CCC2C(C1)NCCN2C(=O)OC(C)(C)C. The summed E-state index contributed by atoms with van der Waals surface area (Å²) in [6.45, 7) is 9.72. The van der Waals surface area contributed by atoms with Gasteiger partial charge in [0.05, 0.1) is 6.04 Å². The van der Waals surface area contributed by atoms with Gasteiger partial charge in [0.15, 0.2) is 0 Å². The minimum Gasteiger partial charge on any atom is -0.444 e. The summed E-state index contributed by atoms with van der Waals surface area (Å²) in [5.74, 6) is 0.761. The zero-order valence-corrected chi connectivity index (χ0v) is 12.0. The summed E-state index contributed by atoms with van der Waals surface area (Å²) in [7, 11) is 0. The lowest BCUT2D eigenvalue weighted by Crippen LogP contribution is -2.61. The van der Waals surface area contributed by atoms with Crippen molar-refractivity contribution in [1.29, 1.82) is 0 Å². The quantitative estimate of drug-likeness (QED) is 0.721. The highest BCUT2D eigenvalue weighted by Crippen LogP contribution is 2.30. The zero-order chi connectivity index (χ0) is 13.3. The monoisotopic (exact) mass is 254 g/mol. The summed E-state index contributed by atoms with van der Waals surface area (Å²) < 4.78 is 5.51. The van der Waals surface area contributed by atoms with Gasteiger partial charge in [0.2, 0.25) is 0 Å². The van der Waals surface area contributed by atoms with Crippen molar-refractivity contribution in [3.63, 3.8) is 0 Å². The maximum absolute atomic E-state index is 12.2. The number of hydrogen-bond acceptors (Lipinski definition) is 3. The predicted octanol–water partition coefficient (Wildman–Crippen LogP) is 2.38. The lowest BCUT2D eigenvalue weighted by Gasteiger charge is -2.46. The Hall–Kier alpha value is -0.770. The average molecular weight is 254 g/mol. The van der Waals surface area contributed by atoms with Crippen LogP contribution in [0.2, 0.25) is 0 Å². The minimum atomic E-state index is -0.403. The van der Waals surface area contributed by atoms with Crippen LogP contribution in [0.5, 0.6) is 0 Å². The number of ether oxygens (including phenoxy) is 1. The van der Waals surface area contributed by atoms with Crippen molar-refractivity contribution < 1.29 is 9.53 Å². The van der Waals surface area contributed by atoms with Crippen LogP contribution in [0.15, 0.2) is 0 Å². The lowest BCUT2D eigenvalue weighted by atomic mass is 9.81. The highest BCUT2D eigenvalue weighted by atomic mass is 16.6. The number of nitrogens with zero attached hydrogens (tertiary/aromatic N) is 1. The maximum Gasteiger partial charge on any atom is 0.410 e. The van der Waals surface area contributed by atoms with E-state index in [-0.39, 0.29) is 6.09 Å². The van der Waals surface area contributed by atoms with Gasteiger partial charge >= 0.3 is 6.09 Å². The molecule has 1 saturated heterocycles. The van der Waals surface area contributed by atoms with E-state index in [4.69, 9.17) is 4.74 Å². The second-order valence-electron chi connectivity index (χ2n) is 6.72. The van der Waals surface area contributed by atoms with Crippen LogP contribution in [0.4, 0.5) is 4.79 Å². The summed E-state index contributed by atoms with van der Waals surface area (Å²) in [6, 6.07) is 0.778. The molecule has 0 bridgehead atoms. The third-order valence-electron chi connectivity index (χ3n) is 3.86. The molecule has 0 aromatic rings. The van der Waals surface area contributed by atoms with Crippen LogP contribution < -0.4 is 5.32 Å². The molecule has 4 heteroatoms. The van der Waals surface area contributed by atoms with Crippen LogP contribution >= 0.6 is 0 Å². The summed E-state index contributed by atoms with van der Waals surface area (Å²) in [5.41, 5.74) is -0.403. The summed E-state index contributed by atoms with van der Waals surface area (Å²) in [4.78, 5) is 14.2. The molecule has 3 unspecified atom stereocenters. The Kier molecular flexibility index (Phi) is 3.85. The van der Waals surface area contributed by atoms with Crippen LogP contribution in [0.3, 0.4) is 0 Å². The second kappa shape index (κ2) is 5.08. The first kappa shape index (κ1) is 13.7. The Labute approximate surface area is 110 Å². The van der Waals surface area contributed by atoms with E-state index in [2.05, 4.69) is 12.2 Å². The van der Waals surface area contributed by atoms with Crippen molar-refractivity contribution in [2.24, 2.45) is 5.92 Å². The largest absolute Gasteiger partial charge is 0.444 e. The molecule has 18 heavy (non-hydrogen) atoms. The van der Waals surface area contributed by atoms with Crippen molar-refractivity contribution in [1.82, 2.24) is 10.2 Å². The molecule has 1 aliphatic carbocycles. The molecule has 1 amide bonds. The first-order chi connectivity index (χ1) is 8.37. The van der Waals surface area contributed by atoms with Crippen LogP contribution in [-0.2, 0) is 4.74 Å². The molecule has 1 N–H and O–H groups in total. The summed E-state index contributed by atoms with van der Waals surface area (Å²) >= 11 is 0. The second-order valence-corrected chi connectivity index (χ2v) is 6.72. The van der Waals surface area contributed by atoms with E-state index in [1.807, 2.05) is 25.7 Å². The molecule has 1 saturated carbocycles. The zero-order valence-electron chi connectivity index (χ0n) is 12.0. The number of fused-ring (bicyclic) bond motifs is 1. The molecule has 3 atom stereocenters. The molecular formula is C14H26N2O2. The fourth-order valence-corrected chi connectivity index (χ4v) is 3.04. The van der Waals surface area contributed by atoms with Crippen molar-refractivity contribution in [3.05, 3.63) is 0 Å². The van der Waals surface area contributed by atoms with Crippen molar-refractivity contribution >= 4 is 6.09 Å². The molecule has 2 rings (SSSR count). The van der Waals surface area contributed by atoms with Gasteiger partial charge in [-0.2, -0.15) is 0 Å². The molecular weight excluding hydrogens is 228 g/mol. The predicted molar refractivity (Wildman–Crippen MR) is 71.5 cm³/mol. The number of carbonyl (C=O) groups is 1. The number of hydrogen-bond donors (Lipinski definition) is 1. The third kappa shape index (κ3) is 3.16. The normalized spacial score (nSPS) is 32.9. The highest BCUT2D eigenvalue weighted by molar-refractivity contribution is 5.69. The minimum absolute atomic E-state index is 0.145.